The number of nitrogens with zero attached hydrogens (tertiary/aromatic N) is 1. The van der Waals surface area contributed by atoms with Crippen LogP contribution in [0.1, 0.15) is 6.92 Å². The number of nitro groups is 1. The van der Waals surface area contributed by atoms with Gasteiger partial charge in [0.05, 0.1) is 4.92 Å². The summed E-state index contributed by atoms with van der Waals surface area (Å²) in [6.45, 7) is 1.78. The van der Waals surface area contributed by atoms with Gasteiger partial charge in [-0.3, -0.25) is 10.1 Å². The van der Waals surface area contributed by atoms with Crippen molar-refractivity contribution in [2.45, 2.75) is 13.2 Å². The first kappa shape index (κ1) is 8.84. The predicted octanol–water partition coefficient (Wildman–Crippen LogP) is 0.714. The van der Waals surface area contributed by atoms with E-state index in [9.17, 15) is 10.1 Å². The summed E-state index contributed by atoms with van der Waals surface area (Å²) < 4.78 is 0. The van der Waals surface area contributed by atoms with Crippen molar-refractivity contribution >= 4 is 0 Å². The Hall–Kier alpha value is -1.16. The van der Waals surface area contributed by atoms with Crippen molar-refractivity contribution in [3.63, 3.8) is 0 Å². The van der Waals surface area contributed by atoms with E-state index in [1.807, 2.05) is 0 Å². The van der Waals surface area contributed by atoms with Gasteiger partial charge in [-0.2, -0.15) is 0 Å². The molecule has 1 atom stereocenters. The Labute approximate surface area is 58.6 Å². The molecule has 0 aliphatic rings. The zero-order valence-electron chi connectivity index (χ0n) is 5.60. The van der Waals surface area contributed by atoms with E-state index in [-0.39, 0.29) is 0 Å². The molecule has 0 radical (unpaired) electrons. The molecule has 10 heavy (non-hydrogen) atoms. The molecule has 0 aromatic carbocycles. The third kappa shape index (κ3) is 3.80. The highest BCUT2D eigenvalue weighted by Crippen LogP contribution is 1.86. The number of hydrogen-bond donors (Lipinski definition) is 1. The van der Waals surface area contributed by atoms with E-state index in [0.717, 1.165) is 6.08 Å². The Kier molecular flexibility index (Phi) is 4.15. The van der Waals surface area contributed by atoms with Crippen LogP contribution >= 0.6 is 0 Å². The molecule has 0 aromatic rings. The largest absolute Gasteiger partial charge is 0.333 e. The number of aliphatic hydroxyl groups excluding tert-OH is 1. The van der Waals surface area contributed by atoms with Gasteiger partial charge in [0, 0.05) is 6.08 Å². The van der Waals surface area contributed by atoms with Crippen molar-refractivity contribution in [2.24, 2.45) is 0 Å². The van der Waals surface area contributed by atoms with Crippen molar-refractivity contribution in [1.82, 2.24) is 0 Å². The molecule has 0 fully saturated rings. The SMILES string of the molecule is CC=CC=CC(O)[N+](=O)[O-]. The fraction of sp³-hybridized carbons (Fsp3) is 0.333. The first-order chi connectivity index (χ1) is 4.68. The summed E-state index contributed by atoms with van der Waals surface area (Å²) >= 11 is 0. The van der Waals surface area contributed by atoms with Gasteiger partial charge in [0.15, 0.2) is 0 Å². The van der Waals surface area contributed by atoms with Gasteiger partial charge in [0.1, 0.15) is 0 Å². The minimum Gasteiger partial charge on any atom is -0.330 e. The normalized spacial score (nSPS) is 14.6. The third-order valence-electron chi connectivity index (χ3n) is 0.803. The minimum absolute atomic E-state index is 0.778. The first-order valence-electron chi connectivity index (χ1n) is 2.79. The van der Waals surface area contributed by atoms with E-state index in [4.69, 9.17) is 5.11 Å². The molecule has 0 aromatic heterocycles. The molecule has 0 bridgehead atoms. The summed E-state index contributed by atoms with van der Waals surface area (Å²) in [6, 6.07) is 0. The van der Waals surface area contributed by atoms with Crippen LogP contribution in [0.15, 0.2) is 24.3 Å². The Bertz CT molecular complexity index is 162. The van der Waals surface area contributed by atoms with Gasteiger partial charge >= 0.3 is 6.23 Å². The van der Waals surface area contributed by atoms with Crippen LogP contribution in [0.25, 0.3) is 0 Å². The topological polar surface area (TPSA) is 63.4 Å². The molecule has 0 heterocycles. The zero-order chi connectivity index (χ0) is 7.98. The van der Waals surface area contributed by atoms with Gasteiger partial charge in [-0.1, -0.05) is 18.2 Å². The van der Waals surface area contributed by atoms with Crippen LogP contribution in [0.2, 0.25) is 0 Å². The maximum Gasteiger partial charge on any atom is 0.333 e. The fourth-order valence-corrected chi connectivity index (χ4v) is 0.345. The summed E-state index contributed by atoms with van der Waals surface area (Å²) in [5, 5.41) is 18.3. The summed E-state index contributed by atoms with van der Waals surface area (Å²) in [5.74, 6) is 0. The van der Waals surface area contributed by atoms with Crippen molar-refractivity contribution in [2.75, 3.05) is 0 Å². The van der Waals surface area contributed by atoms with Crippen molar-refractivity contribution < 1.29 is 10.0 Å². The second-order valence-corrected chi connectivity index (χ2v) is 1.61. The van der Waals surface area contributed by atoms with E-state index in [0.29, 0.717) is 0 Å². The monoisotopic (exact) mass is 143 g/mol. The number of aliphatic hydroxyl groups is 1. The molecule has 0 saturated heterocycles. The molecule has 0 spiro atoms. The smallest absolute Gasteiger partial charge is 0.330 e. The van der Waals surface area contributed by atoms with Crippen LogP contribution in [-0.4, -0.2) is 16.3 Å². The fourth-order valence-electron chi connectivity index (χ4n) is 0.345. The average molecular weight is 143 g/mol. The second-order valence-electron chi connectivity index (χ2n) is 1.61. The van der Waals surface area contributed by atoms with E-state index < -0.39 is 11.2 Å². The minimum atomic E-state index is -1.59. The van der Waals surface area contributed by atoms with E-state index in [1.54, 1.807) is 19.1 Å². The molecule has 0 rings (SSSR count). The van der Waals surface area contributed by atoms with Crippen LogP contribution in [0.5, 0.6) is 0 Å². The van der Waals surface area contributed by atoms with Crippen LogP contribution in [0.3, 0.4) is 0 Å². The number of allylic oxidation sites excluding steroid dienone is 3. The molecule has 56 valence electrons. The standard InChI is InChI=1S/C6H9NO3/c1-2-3-4-5-6(8)7(9)10/h2-6,8H,1H3. The average Bonchev–Trinajstić information content (AvgIpc) is 1.88. The summed E-state index contributed by atoms with van der Waals surface area (Å²) in [4.78, 5) is 9.00. The molecule has 0 aliphatic heterocycles. The van der Waals surface area contributed by atoms with E-state index in [2.05, 4.69) is 0 Å². The van der Waals surface area contributed by atoms with Crippen molar-refractivity contribution in [1.29, 1.82) is 0 Å². The van der Waals surface area contributed by atoms with Crippen LogP contribution < -0.4 is 0 Å². The van der Waals surface area contributed by atoms with Crippen LogP contribution in [0.4, 0.5) is 0 Å². The van der Waals surface area contributed by atoms with Gasteiger partial charge in [-0.25, -0.2) is 0 Å². The molecule has 1 unspecified atom stereocenters. The number of hydrogen-bond acceptors (Lipinski definition) is 3. The van der Waals surface area contributed by atoms with Gasteiger partial charge < -0.3 is 5.11 Å². The lowest BCUT2D eigenvalue weighted by Crippen LogP contribution is -2.14. The summed E-state index contributed by atoms with van der Waals surface area (Å²) in [5.41, 5.74) is 0. The second kappa shape index (κ2) is 4.69. The lowest BCUT2D eigenvalue weighted by Gasteiger charge is -1.91. The quantitative estimate of drug-likeness (QED) is 0.274. The third-order valence-corrected chi connectivity index (χ3v) is 0.803. The van der Waals surface area contributed by atoms with Crippen molar-refractivity contribution in [3.8, 4) is 0 Å². The van der Waals surface area contributed by atoms with E-state index >= 15 is 0 Å². The highest BCUT2D eigenvalue weighted by Gasteiger charge is 2.07. The molecule has 0 saturated carbocycles. The van der Waals surface area contributed by atoms with Gasteiger partial charge in [0.25, 0.3) is 0 Å². The highest BCUT2D eigenvalue weighted by atomic mass is 16.7. The Morgan fingerprint density at radius 3 is 2.60 bits per heavy atom. The summed E-state index contributed by atoms with van der Waals surface area (Å²) in [6.07, 6.45) is 4.25. The summed E-state index contributed by atoms with van der Waals surface area (Å²) in [7, 11) is 0. The predicted molar refractivity (Wildman–Crippen MR) is 37.0 cm³/mol. The Morgan fingerprint density at radius 1 is 1.60 bits per heavy atom. The molecule has 1 N–H and O–H groups in total. The Balaban J connectivity index is 3.77. The molecular formula is C6H9NO3. The molecule has 0 amide bonds. The van der Waals surface area contributed by atoms with Crippen LogP contribution in [0, 0.1) is 10.1 Å². The lowest BCUT2D eigenvalue weighted by molar-refractivity contribution is -0.555. The highest BCUT2D eigenvalue weighted by molar-refractivity contribution is 5.01. The van der Waals surface area contributed by atoms with Gasteiger partial charge in [-0.05, 0) is 6.92 Å². The maximum atomic E-state index is 9.77. The van der Waals surface area contributed by atoms with Gasteiger partial charge in [-0.15, -0.1) is 0 Å². The maximum absolute atomic E-state index is 9.77. The Morgan fingerprint density at radius 2 is 2.20 bits per heavy atom. The molecule has 0 aliphatic carbocycles. The molecular weight excluding hydrogens is 134 g/mol. The van der Waals surface area contributed by atoms with Gasteiger partial charge in [0.2, 0.25) is 0 Å². The van der Waals surface area contributed by atoms with E-state index in [1.165, 1.54) is 6.08 Å². The first-order valence-corrected chi connectivity index (χ1v) is 2.79. The zero-order valence-corrected chi connectivity index (χ0v) is 5.60. The van der Waals surface area contributed by atoms with Crippen LogP contribution in [-0.2, 0) is 0 Å². The van der Waals surface area contributed by atoms with Crippen molar-refractivity contribution in [3.05, 3.63) is 34.4 Å². The molecule has 4 nitrogen and oxygen atoms in total. The number of rotatable bonds is 3. The lowest BCUT2D eigenvalue weighted by atomic mass is 10.4. The molecule has 4 heteroatoms.